The van der Waals surface area contributed by atoms with Crippen LogP contribution in [0.15, 0.2) is 29.2 Å². The zero-order valence-corrected chi connectivity index (χ0v) is 8.93. The van der Waals surface area contributed by atoms with E-state index in [0.29, 0.717) is 0 Å². The van der Waals surface area contributed by atoms with Crippen molar-refractivity contribution in [3.8, 4) is 0 Å². The van der Waals surface area contributed by atoms with Gasteiger partial charge in [0.2, 0.25) is 0 Å². The van der Waals surface area contributed by atoms with Crippen LogP contribution in [-0.2, 0) is 14.7 Å². The molecule has 0 radical (unpaired) electrons. The second-order valence-electron chi connectivity index (χ2n) is 2.90. The van der Waals surface area contributed by atoms with Gasteiger partial charge in [-0.1, -0.05) is 0 Å². The van der Waals surface area contributed by atoms with E-state index < -0.39 is 20.9 Å². The summed E-state index contributed by atoms with van der Waals surface area (Å²) in [6.45, 7) is 0. The average molecular weight is 245 g/mol. The first-order valence-corrected chi connectivity index (χ1v) is 5.86. The Bertz CT molecular complexity index is 518. The summed E-state index contributed by atoms with van der Waals surface area (Å²) >= 11 is 0. The summed E-state index contributed by atoms with van der Waals surface area (Å²) in [5.41, 5.74) is -0.0934. The van der Waals surface area contributed by atoms with Crippen LogP contribution in [0.5, 0.6) is 0 Å². The summed E-state index contributed by atoms with van der Waals surface area (Å²) in [7, 11) is -3.35. The molecule has 0 bridgehead atoms. The van der Waals surface area contributed by atoms with E-state index in [2.05, 4.69) is 4.84 Å². The van der Waals surface area contributed by atoms with Gasteiger partial charge in [0.15, 0.2) is 9.84 Å². The highest BCUT2D eigenvalue weighted by molar-refractivity contribution is 7.90. The topological polar surface area (TPSA) is 104 Å². The molecule has 1 aromatic carbocycles. The van der Waals surface area contributed by atoms with Gasteiger partial charge < -0.3 is 0 Å². The van der Waals surface area contributed by atoms with Crippen LogP contribution >= 0.6 is 0 Å². The van der Waals surface area contributed by atoms with Crippen molar-refractivity contribution in [1.29, 1.82) is 0 Å². The number of benzene rings is 1. The van der Waals surface area contributed by atoms with Crippen molar-refractivity contribution in [1.82, 2.24) is 0 Å². The minimum atomic E-state index is -3.35. The van der Waals surface area contributed by atoms with Crippen LogP contribution in [0.25, 0.3) is 0 Å². The predicted molar refractivity (Wildman–Crippen MR) is 52.0 cm³/mol. The zero-order chi connectivity index (χ0) is 12.3. The highest BCUT2D eigenvalue weighted by Crippen LogP contribution is 2.11. The lowest BCUT2D eigenvalue weighted by atomic mass is 10.2. The molecular weight excluding hydrogens is 238 g/mol. The quantitative estimate of drug-likeness (QED) is 0.565. The zero-order valence-electron chi connectivity index (χ0n) is 8.11. The Morgan fingerprint density at radius 1 is 1.31 bits per heavy atom. The highest BCUT2D eigenvalue weighted by atomic mass is 32.2. The smallest absolute Gasteiger partial charge is 0.263 e. The average Bonchev–Trinajstić information content (AvgIpc) is 2.15. The third kappa shape index (κ3) is 3.02. The number of sulfone groups is 1. The molecule has 0 amide bonds. The first-order valence-electron chi connectivity index (χ1n) is 3.97. The van der Waals surface area contributed by atoms with E-state index in [9.17, 15) is 23.3 Å². The minimum absolute atomic E-state index is 0.0187. The first-order chi connectivity index (χ1) is 7.30. The maximum absolute atomic E-state index is 11.1. The van der Waals surface area contributed by atoms with E-state index >= 15 is 0 Å². The van der Waals surface area contributed by atoms with Crippen molar-refractivity contribution < 1.29 is 23.1 Å². The van der Waals surface area contributed by atoms with Crippen molar-refractivity contribution >= 4 is 15.8 Å². The number of rotatable bonds is 3. The molecule has 0 saturated heterocycles. The van der Waals surface area contributed by atoms with Crippen LogP contribution in [0.2, 0.25) is 0 Å². The van der Waals surface area contributed by atoms with Crippen LogP contribution < -0.4 is 0 Å². The van der Waals surface area contributed by atoms with E-state index in [1.165, 1.54) is 12.1 Å². The molecule has 0 heterocycles. The molecule has 0 saturated carbocycles. The lowest BCUT2D eigenvalue weighted by Gasteiger charge is -2.00. The summed E-state index contributed by atoms with van der Waals surface area (Å²) in [5.74, 6) is -1.15. The third-order valence-corrected chi connectivity index (χ3v) is 2.80. The second kappa shape index (κ2) is 4.27. The van der Waals surface area contributed by atoms with E-state index in [1.807, 2.05) is 0 Å². The molecule has 0 aliphatic rings. The Labute approximate surface area is 90.7 Å². The molecular formula is C8H7NO6S. The minimum Gasteiger partial charge on any atom is -0.263 e. The lowest BCUT2D eigenvalue weighted by Crippen LogP contribution is -2.10. The van der Waals surface area contributed by atoms with Gasteiger partial charge in [-0.15, -0.1) is 10.1 Å². The van der Waals surface area contributed by atoms with Crippen LogP contribution in [0, 0.1) is 10.1 Å². The van der Waals surface area contributed by atoms with Crippen molar-refractivity contribution in [2.75, 3.05) is 6.26 Å². The van der Waals surface area contributed by atoms with Gasteiger partial charge in [0.1, 0.15) is 0 Å². The summed E-state index contributed by atoms with van der Waals surface area (Å²) in [4.78, 5) is 24.6. The summed E-state index contributed by atoms with van der Waals surface area (Å²) in [6.07, 6.45) is 1.01. The molecule has 0 atom stereocenters. The van der Waals surface area contributed by atoms with Gasteiger partial charge in [-0.25, -0.2) is 13.3 Å². The molecule has 0 unspecified atom stereocenters. The van der Waals surface area contributed by atoms with Gasteiger partial charge in [-0.3, -0.25) is 4.79 Å². The molecule has 16 heavy (non-hydrogen) atoms. The number of hydrogen-bond acceptors (Lipinski definition) is 6. The Morgan fingerprint density at radius 2 is 1.81 bits per heavy atom. The summed E-state index contributed by atoms with van der Waals surface area (Å²) < 4.78 is 22.1. The highest BCUT2D eigenvalue weighted by Gasteiger charge is 2.12. The SMILES string of the molecule is CS(=O)(=O)c1ccc(C(=O)O[N+](=O)[O-])cc1. The van der Waals surface area contributed by atoms with E-state index in [-0.39, 0.29) is 10.5 Å². The van der Waals surface area contributed by atoms with Crippen LogP contribution in [0.1, 0.15) is 10.4 Å². The Balaban J connectivity index is 2.96. The second-order valence-corrected chi connectivity index (χ2v) is 4.91. The van der Waals surface area contributed by atoms with E-state index in [1.54, 1.807) is 0 Å². The molecule has 0 aliphatic carbocycles. The molecule has 1 aromatic rings. The number of hydrogen-bond donors (Lipinski definition) is 0. The van der Waals surface area contributed by atoms with Crippen molar-refractivity contribution in [2.24, 2.45) is 0 Å². The van der Waals surface area contributed by atoms with Gasteiger partial charge >= 0.3 is 11.1 Å². The molecule has 1 rings (SSSR count). The van der Waals surface area contributed by atoms with Crippen molar-refractivity contribution in [3.05, 3.63) is 39.9 Å². The van der Waals surface area contributed by atoms with E-state index in [0.717, 1.165) is 18.4 Å². The first kappa shape index (κ1) is 12.1. The monoisotopic (exact) mass is 245 g/mol. The largest absolute Gasteiger partial charge is 0.334 e. The molecule has 0 N–H and O–H groups in total. The van der Waals surface area contributed by atoms with Crippen LogP contribution in [-0.4, -0.2) is 25.7 Å². The lowest BCUT2D eigenvalue weighted by molar-refractivity contribution is -0.727. The predicted octanol–water partition coefficient (Wildman–Crippen LogP) is 0.439. The molecule has 8 heteroatoms. The Hall–Kier alpha value is -1.96. The molecule has 7 nitrogen and oxygen atoms in total. The van der Waals surface area contributed by atoms with Gasteiger partial charge in [-0.2, -0.15) is 0 Å². The summed E-state index contributed by atoms with van der Waals surface area (Å²) in [6, 6.07) is 4.63. The maximum Gasteiger partial charge on any atom is 0.334 e. The van der Waals surface area contributed by atoms with Crippen LogP contribution in [0.4, 0.5) is 0 Å². The third-order valence-electron chi connectivity index (χ3n) is 1.68. The molecule has 0 spiro atoms. The van der Waals surface area contributed by atoms with Gasteiger partial charge in [0.05, 0.1) is 4.90 Å². The number of nitrogens with zero attached hydrogens (tertiary/aromatic N) is 1. The van der Waals surface area contributed by atoms with E-state index in [4.69, 9.17) is 0 Å². The molecule has 0 aromatic heterocycles. The molecule has 0 aliphatic heterocycles. The standard InChI is InChI=1S/C8H7NO6S/c1-16(13,14)7-4-2-6(3-5-7)8(10)15-9(11)12/h2-5H,1H3. The van der Waals surface area contributed by atoms with Gasteiger partial charge in [0.25, 0.3) is 0 Å². The Kier molecular flexibility index (Phi) is 3.23. The van der Waals surface area contributed by atoms with Gasteiger partial charge in [0, 0.05) is 11.8 Å². The fraction of sp³-hybridized carbons (Fsp3) is 0.125. The maximum atomic E-state index is 11.1. The molecule has 86 valence electrons. The molecule has 0 fully saturated rings. The summed E-state index contributed by atoms with van der Waals surface area (Å²) in [5, 5.41) is 8.65. The van der Waals surface area contributed by atoms with Crippen LogP contribution in [0.3, 0.4) is 0 Å². The van der Waals surface area contributed by atoms with Crippen molar-refractivity contribution in [3.63, 3.8) is 0 Å². The van der Waals surface area contributed by atoms with Gasteiger partial charge in [-0.05, 0) is 24.3 Å². The Morgan fingerprint density at radius 3 is 2.19 bits per heavy atom. The number of carbonyl (C=O) groups excluding carboxylic acids is 1. The fourth-order valence-corrected chi connectivity index (χ4v) is 1.59. The number of carbonyl (C=O) groups is 1. The normalized spacial score (nSPS) is 10.8. The fourth-order valence-electron chi connectivity index (χ4n) is 0.959. The van der Waals surface area contributed by atoms with Crippen molar-refractivity contribution in [2.45, 2.75) is 4.90 Å².